The van der Waals surface area contributed by atoms with E-state index in [9.17, 15) is 0 Å². The lowest BCUT2D eigenvalue weighted by atomic mass is 10.0. The van der Waals surface area contributed by atoms with Crippen LogP contribution in [-0.4, -0.2) is 24.7 Å². The van der Waals surface area contributed by atoms with Gasteiger partial charge in [0, 0.05) is 17.8 Å². The van der Waals surface area contributed by atoms with Crippen molar-refractivity contribution < 1.29 is 5.79 Å². The molecular formula is C25H19N5O. The Bertz CT molecular complexity index is 1610. The fraction of sp³-hybridized carbons (Fsp3) is 0.120. The molecule has 150 valence electrons. The minimum absolute atomic E-state index is 0.519. The maximum absolute atomic E-state index is 8.37. The first-order valence-electron chi connectivity index (χ1n) is 10.6. The molecule has 0 amide bonds. The smallest absolute Gasteiger partial charge is 0.206 e. The highest BCUT2D eigenvalue weighted by molar-refractivity contribution is 6.09. The van der Waals surface area contributed by atoms with E-state index in [4.69, 9.17) is 10.8 Å². The molecule has 0 bridgehead atoms. The van der Waals surface area contributed by atoms with Gasteiger partial charge in [0.15, 0.2) is 5.82 Å². The van der Waals surface area contributed by atoms with Crippen LogP contribution in [0.15, 0.2) is 77.5 Å². The zero-order valence-corrected chi connectivity index (χ0v) is 17.1. The van der Waals surface area contributed by atoms with Crippen molar-refractivity contribution in [2.45, 2.75) is 19.7 Å². The average molecular weight is 406 g/mol. The van der Waals surface area contributed by atoms with Crippen molar-refractivity contribution in [3.63, 3.8) is 0 Å². The zero-order valence-electron chi connectivity index (χ0n) is 18.1. The number of nitrogens with zero attached hydrogens (tertiary/aromatic N) is 5. The number of hydrogen-bond acceptors (Lipinski definition) is 5. The molecule has 0 spiro atoms. The average Bonchev–Trinajstić information content (AvgIpc) is 3.37. The monoisotopic (exact) mass is 406 g/mol. The first-order chi connectivity index (χ1) is 15.5. The van der Waals surface area contributed by atoms with Gasteiger partial charge >= 0.3 is 0 Å². The summed E-state index contributed by atoms with van der Waals surface area (Å²) in [5, 5.41) is 10.3. The summed E-state index contributed by atoms with van der Waals surface area (Å²) in [6.45, 7) is 3.75. The van der Waals surface area contributed by atoms with E-state index in [1.165, 1.54) is 6.33 Å². The molecule has 0 fully saturated rings. The van der Waals surface area contributed by atoms with Gasteiger partial charge < -0.3 is 4.42 Å². The van der Waals surface area contributed by atoms with Crippen molar-refractivity contribution in [3.05, 3.63) is 78.6 Å². The quantitative estimate of drug-likeness (QED) is 0.366. The van der Waals surface area contributed by atoms with Crippen molar-refractivity contribution >= 4 is 33.2 Å². The van der Waals surface area contributed by atoms with Crippen molar-refractivity contribution in [3.8, 4) is 17.1 Å². The van der Waals surface area contributed by atoms with Crippen LogP contribution in [0.3, 0.4) is 0 Å². The number of aromatic nitrogens is 5. The zero-order chi connectivity index (χ0) is 21.9. The van der Waals surface area contributed by atoms with Gasteiger partial charge in [0.05, 0.1) is 5.56 Å². The third kappa shape index (κ3) is 2.72. The Balaban J connectivity index is 1.67. The number of hydrogen-bond donors (Lipinski definition) is 0. The predicted molar refractivity (Wildman–Crippen MR) is 121 cm³/mol. The SMILES string of the molecule is [2H]C(C)(C)c1ccc2c(c1)oc1c(-c3nc4ncnnc4n3-c3ccccc3)cccc12. The van der Waals surface area contributed by atoms with Gasteiger partial charge in [0.2, 0.25) is 11.3 Å². The summed E-state index contributed by atoms with van der Waals surface area (Å²) >= 11 is 0. The van der Waals surface area contributed by atoms with Crippen LogP contribution >= 0.6 is 0 Å². The molecule has 6 aromatic rings. The summed E-state index contributed by atoms with van der Waals surface area (Å²) in [5.41, 5.74) is 5.26. The molecule has 0 unspecified atom stereocenters. The summed E-state index contributed by atoms with van der Waals surface area (Å²) in [5.74, 6) is -0.0216. The molecule has 6 nitrogen and oxygen atoms in total. The van der Waals surface area contributed by atoms with Gasteiger partial charge in [-0.3, -0.25) is 4.57 Å². The molecule has 3 aromatic carbocycles. The van der Waals surface area contributed by atoms with E-state index in [0.29, 0.717) is 17.1 Å². The van der Waals surface area contributed by atoms with Gasteiger partial charge in [0.1, 0.15) is 17.5 Å². The Morgan fingerprint density at radius 3 is 2.68 bits per heavy atom. The number of imidazole rings is 1. The normalized spacial score (nSPS) is 12.6. The molecule has 6 heteroatoms. The van der Waals surface area contributed by atoms with Crippen LogP contribution in [0.1, 0.15) is 26.7 Å². The van der Waals surface area contributed by atoms with Gasteiger partial charge in [-0.2, -0.15) is 0 Å². The van der Waals surface area contributed by atoms with E-state index >= 15 is 0 Å². The fourth-order valence-electron chi connectivity index (χ4n) is 4.03. The van der Waals surface area contributed by atoms with Crippen LogP contribution in [-0.2, 0) is 0 Å². The van der Waals surface area contributed by atoms with Gasteiger partial charge in [-0.05, 0) is 35.7 Å². The molecule has 0 aliphatic carbocycles. The second kappa shape index (κ2) is 6.74. The van der Waals surface area contributed by atoms with E-state index in [1.54, 1.807) is 0 Å². The Morgan fingerprint density at radius 1 is 0.968 bits per heavy atom. The number of rotatable bonds is 3. The standard InChI is InChI=1S/C25H19N5O/c1-15(2)16-11-12-18-19-9-6-10-20(22(19)31-21(18)13-16)24-28-23-25(29-27-14-26-23)30(24)17-7-4-3-5-8-17/h3-15H,1-2H3/i15D. The molecule has 0 saturated heterocycles. The summed E-state index contributed by atoms with van der Waals surface area (Å²) in [4.78, 5) is 9.11. The number of para-hydroxylation sites is 2. The Labute approximate surface area is 179 Å². The Morgan fingerprint density at radius 2 is 1.84 bits per heavy atom. The highest BCUT2D eigenvalue weighted by atomic mass is 16.3. The fourth-order valence-corrected chi connectivity index (χ4v) is 4.03. The van der Waals surface area contributed by atoms with Crippen LogP contribution in [0.25, 0.3) is 50.3 Å². The van der Waals surface area contributed by atoms with Crippen LogP contribution < -0.4 is 0 Å². The summed E-state index contributed by atoms with van der Waals surface area (Å²) < 4.78 is 16.7. The number of furan rings is 1. The summed E-state index contributed by atoms with van der Waals surface area (Å²) in [6, 6.07) is 21.9. The van der Waals surface area contributed by atoms with Gasteiger partial charge in [-0.15, -0.1) is 10.2 Å². The van der Waals surface area contributed by atoms with Crippen molar-refractivity contribution in [2.24, 2.45) is 0 Å². The summed E-state index contributed by atoms with van der Waals surface area (Å²) in [7, 11) is 0. The maximum atomic E-state index is 8.37. The maximum Gasteiger partial charge on any atom is 0.206 e. The lowest BCUT2D eigenvalue weighted by molar-refractivity contribution is 0.667. The third-order valence-corrected chi connectivity index (χ3v) is 5.55. The van der Waals surface area contributed by atoms with Gasteiger partial charge in [-0.25, -0.2) is 9.97 Å². The molecule has 3 heterocycles. The molecule has 0 atom stereocenters. The number of benzene rings is 3. The highest BCUT2D eigenvalue weighted by Gasteiger charge is 2.21. The molecular weight excluding hydrogens is 386 g/mol. The first kappa shape index (κ1) is 16.7. The Hall–Kier alpha value is -4.06. The van der Waals surface area contributed by atoms with E-state index in [1.807, 2.05) is 85.1 Å². The van der Waals surface area contributed by atoms with Crippen molar-refractivity contribution in [2.75, 3.05) is 0 Å². The molecule has 0 N–H and O–H groups in total. The van der Waals surface area contributed by atoms with Gasteiger partial charge in [0.25, 0.3) is 0 Å². The largest absolute Gasteiger partial charge is 0.455 e. The third-order valence-electron chi connectivity index (χ3n) is 5.55. The Kier molecular flexibility index (Phi) is 3.63. The lowest BCUT2D eigenvalue weighted by Gasteiger charge is -2.08. The lowest BCUT2D eigenvalue weighted by Crippen LogP contribution is -1.99. The van der Waals surface area contributed by atoms with Crippen LogP contribution in [0.4, 0.5) is 0 Å². The predicted octanol–water partition coefficient (Wildman–Crippen LogP) is 5.90. The van der Waals surface area contributed by atoms with Gasteiger partial charge in [-0.1, -0.05) is 56.3 Å². The molecule has 31 heavy (non-hydrogen) atoms. The second-order valence-corrected chi connectivity index (χ2v) is 7.71. The first-order valence-corrected chi connectivity index (χ1v) is 10.1. The van der Waals surface area contributed by atoms with E-state index in [-0.39, 0.29) is 0 Å². The molecule has 3 aromatic heterocycles. The van der Waals surface area contributed by atoms with E-state index in [2.05, 4.69) is 15.2 Å². The van der Waals surface area contributed by atoms with Crippen molar-refractivity contribution in [1.82, 2.24) is 24.7 Å². The minimum Gasteiger partial charge on any atom is -0.455 e. The van der Waals surface area contributed by atoms with Crippen LogP contribution in [0, 0.1) is 0 Å². The van der Waals surface area contributed by atoms with Crippen LogP contribution in [0.5, 0.6) is 0 Å². The number of fused-ring (bicyclic) bond motifs is 4. The van der Waals surface area contributed by atoms with Crippen LogP contribution in [0.2, 0.25) is 0 Å². The summed E-state index contributed by atoms with van der Waals surface area (Å²) in [6.07, 6.45) is 1.40. The van der Waals surface area contributed by atoms with E-state index in [0.717, 1.165) is 38.8 Å². The molecule has 0 radical (unpaired) electrons. The highest BCUT2D eigenvalue weighted by Crippen LogP contribution is 2.37. The molecule has 6 rings (SSSR count). The van der Waals surface area contributed by atoms with Crippen molar-refractivity contribution in [1.29, 1.82) is 0 Å². The molecule has 0 aliphatic rings. The minimum atomic E-state index is -0.707. The second-order valence-electron chi connectivity index (χ2n) is 7.71. The molecule has 0 saturated carbocycles. The molecule has 0 aliphatic heterocycles. The topological polar surface area (TPSA) is 69.6 Å². The van der Waals surface area contributed by atoms with E-state index < -0.39 is 5.89 Å².